The van der Waals surface area contributed by atoms with Gasteiger partial charge in [0.25, 0.3) is 11.1 Å². The minimum atomic E-state index is -0.231. The molecule has 8 heteroatoms. The number of nitrogens with one attached hydrogen (secondary N) is 1. The molecule has 1 N–H and O–H groups in total. The standard InChI is InChI=1S/C25H19ClN4O2S/c1-14-6-5-7-15(2)22(14)30-24(32)18-8-3-4-9-19(18)28-25(30)33-13-21-27-20-12-16(26)10-11-17(20)23(31)29-21/h3-12H,13H2,1-2H3,(H,27,29,31). The zero-order valence-electron chi connectivity index (χ0n) is 17.9. The average Bonchev–Trinajstić information content (AvgIpc) is 2.79. The van der Waals surface area contributed by atoms with Gasteiger partial charge in [-0.15, -0.1) is 0 Å². The van der Waals surface area contributed by atoms with E-state index in [2.05, 4.69) is 9.97 Å². The number of aromatic amines is 1. The quantitative estimate of drug-likeness (QED) is 0.286. The van der Waals surface area contributed by atoms with Gasteiger partial charge in [0.1, 0.15) is 5.82 Å². The molecule has 164 valence electrons. The van der Waals surface area contributed by atoms with Crippen molar-refractivity contribution in [2.75, 3.05) is 0 Å². The fraction of sp³-hybridized carbons (Fsp3) is 0.120. The fourth-order valence-electron chi connectivity index (χ4n) is 3.93. The van der Waals surface area contributed by atoms with Crippen LogP contribution in [0.25, 0.3) is 27.5 Å². The summed E-state index contributed by atoms with van der Waals surface area (Å²) in [7, 11) is 0. The molecular weight excluding hydrogens is 456 g/mol. The summed E-state index contributed by atoms with van der Waals surface area (Å²) in [6, 6.07) is 18.2. The number of para-hydroxylation sites is 2. The minimum absolute atomic E-state index is 0.132. The van der Waals surface area contributed by atoms with E-state index < -0.39 is 0 Å². The van der Waals surface area contributed by atoms with E-state index in [1.54, 1.807) is 28.8 Å². The number of aryl methyl sites for hydroxylation is 2. The third-order valence-electron chi connectivity index (χ3n) is 5.46. The van der Waals surface area contributed by atoms with Crippen molar-refractivity contribution in [3.05, 3.63) is 103 Å². The molecule has 6 nitrogen and oxygen atoms in total. The molecule has 0 radical (unpaired) electrons. The maximum atomic E-state index is 13.6. The van der Waals surface area contributed by atoms with Crippen LogP contribution in [0.5, 0.6) is 0 Å². The molecule has 0 spiro atoms. The van der Waals surface area contributed by atoms with Crippen molar-refractivity contribution in [1.82, 2.24) is 19.5 Å². The normalized spacial score (nSPS) is 11.4. The van der Waals surface area contributed by atoms with Crippen LogP contribution in [-0.4, -0.2) is 19.5 Å². The number of hydrogen-bond donors (Lipinski definition) is 1. The van der Waals surface area contributed by atoms with E-state index in [9.17, 15) is 9.59 Å². The van der Waals surface area contributed by atoms with Crippen molar-refractivity contribution < 1.29 is 0 Å². The summed E-state index contributed by atoms with van der Waals surface area (Å²) in [5.41, 5.74) is 3.55. The molecule has 0 aliphatic heterocycles. The number of benzene rings is 3. The van der Waals surface area contributed by atoms with E-state index in [-0.39, 0.29) is 11.1 Å². The molecule has 2 aromatic heterocycles. The molecule has 0 fully saturated rings. The number of rotatable bonds is 4. The topological polar surface area (TPSA) is 80.6 Å². The Balaban J connectivity index is 1.65. The number of H-pyrrole nitrogens is 1. The van der Waals surface area contributed by atoms with Crippen molar-refractivity contribution in [2.45, 2.75) is 24.8 Å². The summed E-state index contributed by atoms with van der Waals surface area (Å²) >= 11 is 7.43. The van der Waals surface area contributed by atoms with Crippen molar-refractivity contribution in [3.63, 3.8) is 0 Å². The number of nitrogens with zero attached hydrogens (tertiary/aromatic N) is 3. The summed E-state index contributed by atoms with van der Waals surface area (Å²) in [5.74, 6) is 0.808. The molecule has 0 saturated heterocycles. The zero-order valence-corrected chi connectivity index (χ0v) is 19.5. The Morgan fingerprint density at radius 2 is 1.67 bits per heavy atom. The molecule has 0 unspecified atom stereocenters. The average molecular weight is 475 g/mol. The Hall–Kier alpha value is -3.42. The highest BCUT2D eigenvalue weighted by atomic mass is 35.5. The second-order valence-electron chi connectivity index (χ2n) is 7.76. The highest BCUT2D eigenvalue weighted by Crippen LogP contribution is 2.27. The lowest BCUT2D eigenvalue weighted by Crippen LogP contribution is -2.23. The molecule has 0 atom stereocenters. The molecule has 3 aromatic carbocycles. The van der Waals surface area contributed by atoms with Crippen LogP contribution in [0, 0.1) is 13.8 Å². The van der Waals surface area contributed by atoms with E-state index in [4.69, 9.17) is 16.6 Å². The first-order valence-corrected chi connectivity index (χ1v) is 11.7. The van der Waals surface area contributed by atoms with E-state index in [1.165, 1.54) is 11.8 Å². The van der Waals surface area contributed by atoms with Crippen LogP contribution in [0.4, 0.5) is 0 Å². The van der Waals surface area contributed by atoms with E-state index >= 15 is 0 Å². The van der Waals surface area contributed by atoms with E-state index in [0.717, 1.165) is 16.8 Å². The first-order valence-electron chi connectivity index (χ1n) is 10.3. The Morgan fingerprint density at radius 3 is 2.45 bits per heavy atom. The Bertz CT molecular complexity index is 1640. The second kappa shape index (κ2) is 8.50. The van der Waals surface area contributed by atoms with Crippen LogP contribution in [-0.2, 0) is 5.75 Å². The van der Waals surface area contributed by atoms with Gasteiger partial charge in [0.15, 0.2) is 5.16 Å². The SMILES string of the molecule is Cc1cccc(C)c1-n1c(SCc2nc3cc(Cl)ccc3c(=O)[nH]2)nc2ccccc2c1=O. The van der Waals surface area contributed by atoms with Crippen molar-refractivity contribution >= 4 is 45.2 Å². The molecule has 5 rings (SSSR count). The number of aromatic nitrogens is 4. The van der Waals surface area contributed by atoms with Gasteiger partial charge in [-0.05, 0) is 55.3 Å². The molecular formula is C25H19ClN4O2S. The summed E-state index contributed by atoms with van der Waals surface area (Å²) in [6.45, 7) is 3.95. The third-order valence-corrected chi connectivity index (χ3v) is 6.65. The highest BCUT2D eigenvalue weighted by molar-refractivity contribution is 7.98. The van der Waals surface area contributed by atoms with Crippen molar-refractivity contribution in [2.24, 2.45) is 0 Å². The minimum Gasteiger partial charge on any atom is -0.309 e. The van der Waals surface area contributed by atoms with Crippen molar-refractivity contribution in [3.8, 4) is 5.69 Å². The first-order chi connectivity index (χ1) is 15.9. The van der Waals surface area contributed by atoms with Crippen LogP contribution in [0.1, 0.15) is 17.0 Å². The zero-order chi connectivity index (χ0) is 23.1. The molecule has 33 heavy (non-hydrogen) atoms. The molecule has 5 aromatic rings. The summed E-state index contributed by atoms with van der Waals surface area (Å²) in [5, 5.41) is 2.07. The number of fused-ring (bicyclic) bond motifs is 2. The summed E-state index contributed by atoms with van der Waals surface area (Å²) in [6.07, 6.45) is 0. The van der Waals surface area contributed by atoms with Crippen molar-refractivity contribution in [1.29, 1.82) is 0 Å². The Kier molecular flexibility index (Phi) is 5.52. The third kappa shape index (κ3) is 3.94. The lowest BCUT2D eigenvalue weighted by molar-refractivity contribution is 0.807. The summed E-state index contributed by atoms with van der Waals surface area (Å²) in [4.78, 5) is 38.2. The van der Waals surface area contributed by atoms with Gasteiger partial charge < -0.3 is 4.98 Å². The second-order valence-corrected chi connectivity index (χ2v) is 9.13. The molecule has 0 amide bonds. The van der Waals surface area contributed by atoms with Gasteiger partial charge in [-0.2, -0.15) is 0 Å². The van der Waals surface area contributed by atoms with Gasteiger partial charge in [-0.1, -0.05) is 53.7 Å². The molecule has 0 aliphatic carbocycles. The molecule has 0 aliphatic rings. The van der Waals surface area contributed by atoms with Gasteiger partial charge in [-0.25, -0.2) is 9.97 Å². The smallest absolute Gasteiger partial charge is 0.266 e. The largest absolute Gasteiger partial charge is 0.309 e. The van der Waals surface area contributed by atoms with Gasteiger partial charge in [0, 0.05) is 5.02 Å². The molecule has 2 heterocycles. The van der Waals surface area contributed by atoms with Crippen LogP contribution >= 0.6 is 23.4 Å². The van der Waals surface area contributed by atoms with Crippen LogP contribution in [0.3, 0.4) is 0 Å². The number of hydrogen-bond acceptors (Lipinski definition) is 5. The number of thioether (sulfide) groups is 1. The Labute approximate surface area is 198 Å². The van der Waals surface area contributed by atoms with Gasteiger partial charge in [0.05, 0.1) is 33.2 Å². The van der Waals surface area contributed by atoms with Gasteiger partial charge >= 0.3 is 0 Å². The lowest BCUT2D eigenvalue weighted by Gasteiger charge is -2.17. The van der Waals surface area contributed by atoms with Crippen LogP contribution < -0.4 is 11.1 Å². The van der Waals surface area contributed by atoms with Crippen LogP contribution in [0.2, 0.25) is 5.02 Å². The maximum Gasteiger partial charge on any atom is 0.266 e. The number of halogens is 1. The predicted octanol–water partition coefficient (Wildman–Crippen LogP) is 5.18. The van der Waals surface area contributed by atoms with E-state index in [1.807, 2.05) is 50.2 Å². The van der Waals surface area contributed by atoms with E-state index in [0.29, 0.717) is 43.6 Å². The predicted molar refractivity (Wildman–Crippen MR) is 134 cm³/mol. The fourth-order valence-corrected chi connectivity index (χ4v) is 4.96. The highest BCUT2D eigenvalue weighted by Gasteiger charge is 2.17. The van der Waals surface area contributed by atoms with Gasteiger partial charge in [-0.3, -0.25) is 14.2 Å². The summed E-state index contributed by atoms with van der Waals surface area (Å²) < 4.78 is 1.66. The molecule has 0 saturated carbocycles. The van der Waals surface area contributed by atoms with Crippen LogP contribution in [0.15, 0.2) is 75.4 Å². The maximum absolute atomic E-state index is 13.6. The van der Waals surface area contributed by atoms with Gasteiger partial charge in [0.2, 0.25) is 0 Å². The lowest BCUT2D eigenvalue weighted by atomic mass is 10.1. The first kappa shape index (κ1) is 21.4. The Morgan fingerprint density at radius 1 is 0.909 bits per heavy atom. The monoisotopic (exact) mass is 474 g/mol. The molecule has 0 bridgehead atoms.